The molecular formula is C25H30N2O6. The summed E-state index contributed by atoms with van der Waals surface area (Å²) in [6, 6.07) is 11.3. The summed E-state index contributed by atoms with van der Waals surface area (Å²) in [7, 11) is 6.48. The van der Waals surface area contributed by atoms with E-state index in [1.165, 1.54) is 0 Å². The maximum Gasteiger partial charge on any atom is 0.199 e. The van der Waals surface area contributed by atoms with Crippen LogP contribution in [-0.2, 0) is 9.47 Å². The maximum atomic E-state index is 6.02. The lowest BCUT2D eigenvalue weighted by molar-refractivity contribution is 0.264. The summed E-state index contributed by atoms with van der Waals surface area (Å²) in [5.41, 5.74) is 1.39. The summed E-state index contributed by atoms with van der Waals surface area (Å²) in [4.78, 5) is 9.71. The third-order valence-electron chi connectivity index (χ3n) is 5.96. The van der Waals surface area contributed by atoms with Crippen molar-refractivity contribution in [2.45, 2.75) is 25.9 Å². The Morgan fingerprint density at radius 1 is 0.667 bits per heavy atom. The van der Waals surface area contributed by atoms with Crippen molar-refractivity contribution in [1.29, 1.82) is 0 Å². The summed E-state index contributed by atoms with van der Waals surface area (Å²) in [5, 5.41) is 0. The third-order valence-corrected chi connectivity index (χ3v) is 5.96. The number of hydrogen-bond acceptors (Lipinski definition) is 8. The highest BCUT2D eigenvalue weighted by atomic mass is 16.5. The van der Waals surface area contributed by atoms with E-state index in [0.29, 0.717) is 48.0 Å². The first-order valence-electron chi connectivity index (χ1n) is 10.8. The highest BCUT2D eigenvalue weighted by Crippen LogP contribution is 2.38. The molecule has 0 amide bonds. The molecule has 0 spiro atoms. The average molecular weight is 455 g/mol. The monoisotopic (exact) mass is 454 g/mol. The van der Waals surface area contributed by atoms with Crippen molar-refractivity contribution >= 4 is 11.8 Å². The number of ether oxygens (including phenoxy) is 6. The molecule has 0 saturated heterocycles. The zero-order valence-electron chi connectivity index (χ0n) is 19.9. The minimum atomic E-state index is -0.601. The number of benzene rings is 2. The maximum absolute atomic E-state index is 6.02. The third kappa shape index (κ3) is 4.29. The molecule has 2 aliphatic heterocycles. The number of hydrogen-bond donors (Lipinski definition) is 0. The molecule has 0 saturated carbocycles. The molecule has 2 aliphatic rings. The van der Waals surface area contributed by atoms with E-state index in [4.69, 9.17) is 38.4 Å². The molecule has 4 rings (SSSR count). The highest BCUT2D eigenvalue weighted by Gasteiger charge is 2.42. The standard InChI is InChI=1S/C25H30N2O6/c1-25(2,23-26-17(13-32-23)15-7-9-19(28-3)21(11-15)30-5)24-27-18(14-33-24)16-8-10-20(29-4)22(12-16)31-6/h7-12,17-18H,13-14H2,1-6H3/t17-,18-/m0/s1. The van der Waals surface area contributed by atoms with Gasteiger partial charge >= 0.3 is 0 Å². The minimum absolute atomic E-state index is 0.136. The van der Waals surface area contributed by atoms with Gasteiger partial charge in [0.05, 0.1) is 28.4 Å². The van der Waals surface area contributed by atoms with E-state index in [0.717, 1.165) is 11.1 Å². The second-order valence-corrected chi connectivity index (χ2v) is 8.38. The molecule has 2 aromatic carbocycles. The van der Waals surface area contributed by atoms with Gasteiger partial charge in [-0.15, -0.1) is 0 Å². The SMILES string of the molecule is COc1ccc([C@@H]2COC(C(C)(C)C3=N[C@H](c4ccc(OC)c(OC)c4)CO3)=N2)cc1OC. The van der Waals surface area contributed by atoms with Gasteiger partial charge in [0.15, 0.2) is 34.8 Å². The summed E-state index contributed by atoms with van der Waals surface area (Å²) < 4.78 is 33.5. The Labute approximate surface area is 194 Å². The molecule has 8 nitrogen and oxygen atoms in total. The quantitative estimate of drug-likeness (QED) is 0.589. The summed E-state index contributed by atoms with van der Waals surface area (Å²) in [5.74, 6) is 3.90. The van der Waals surface area contributed by atoms with E-state index in [-0.39, 0.29) is 12.1 Å². The molecule has 2 atom stereocenters. The second kappa shape index (κ2) is 9.21. The van der Waals surface area contributed by atoms with Gasteiger partial charge in [0.25, 0.3) is 0 Å². The molecule has 0 bridgehead atoms. The van der Waals surface area contributed by atoms with Crippen molar-refractivity contribution in [3.8, 4) is 23.0 Å². The summed E-state index contributed by atoms with van der Waals surface area (Å²) in [6.45, 7) is 4.92. The van der Waals surface area contributed by atoms with Crippen LogP contribution in [0.2, 0.25) is 0 Å². The topological polar surface area (TPSA) is 80.1 Å². The zero-order chi connectivity index (χ0) is 23.6. The van der Waals surface area contributed by atoms with Crippen LogP contribution in [-0.4, -0.2) is 53.4 Å². The van der Waals surface area contributed by atoms with Gasteiger partial charge in [-0.25, -0.2) is 9.98 Å². The fraction of sp³-hybridized carbons (Fsp3) is 0.440. The summed E-state index contributed by atoms with van der Waals surface area (Å²) in [6.07, 6.45) is 0. The van der Waals surface area contributed by atoms with Gasteiger partial charge in [0.1, 0.15) is 30.7 Å². The largest absolute Gasteiger partial charge is 0.493 e. The number of rotatable bonds is 8. The van der Waals surface area contributed by atoms with Gasteiger partial charge in [0, 0.05) is 0 Å². The lowest BCUT2D eigenvalue weighted by Gasteiger charge is -2.22. The van der Waals surface area contributed by atoms with Crippen LogP contribution in [0.4, 0.5) is 0 Å². The van der Waals surface area contributed by atoms with Crippen LogP contribution in [0.25, 0.3) is 0 Å². The molecule has 0 aliphatic carbocycles. The first-order valence-corrected chi connectivity index (χ1v) is 10.8. The van der Waals surface area contributed by atoms with Crippen LogP contribution in [0.5, 0.6) is 23.0 Å². The Bertz CT molecular complexity index is 995. The number of aliphatic imine (C=N–C) groups is 2. The van der Waals surface area contributed by atoms with Gasteiger partial charge < -0.3 is 28.4 Å². The van der Waals surface area contributed by atoms with E-state index >= 15 is 0 Å². The van der Waals surface area contributed by atoms with E-state index in [2.05, 4.69) is 0 Å². The molecule has 176 valence electrons. The number of methoxy groups -OCH3 is 4. The van der Waals surface area contributed by atoms with E-state index < -0.39 is 5.41 Å². The first-order chi connectivity index (χ1) is 15.9. The van der Waals surface area contributed by atoms with Gasteiger partial charge in [0.2, 0.25) is 0 Å². The Balaban J connectivity index is 1.55. The predicted molar refractivity (Wildman–Crippen MR) is 125 cm³/mol. The molecule has 0 N–H and O–H groups in total. The highest BCUT2D eigenvalue weighted by molar-refractivity contribution is 6.05. The van der Waals surface area contributed by atoms with Crippen LogP contribution in [0.1, 0.15) is 37.1 Å². The second-order valence-electron chi connectivity index (χ2n) is 8.38. The minimum Gasteiger partial charge on any atom is -0.493 e. The molecule has 8 heteroatoms. The molecule has 33 heavy (non-hydrogen) atoms. The van der Waals surface area contributed by atoms with Crippen LogP contribution in [0.15, 0.2) is 46.4 Å². The van der Waals surface area contributed by atoms with Crippen molar-refractivity contribution in [3.05, 3.63) is 47.5 Å². The van der Waals surface area contributed by atoms with Crippen LogP contribution < -0.4 is 18.9 Å². The van der Waals surface area contributed by atoms with E-state index in [1.54, 1.807) is 28.4 Å². The fourth-order valence-corrected chi connectivity index (χ4v) is 3.98. The molecule has 2 aromatic rings. The van der Waals surface area contributed by atoms with Gasteiger partial charge in [-0.1, -0.05) is 12.1 Å². The number of nitrogens with zero attached hydrogens (tertiary/aromatic N) is 2. The van der Waals surface area contributed by atoms with Crippen LogP contribution in [0.3, 0.4) is 0 Å². The van der Waals surface area contributed by atoms with Crippen LogP contribution in [0, 0.1) is 5.41 Å². The Hall–Kier alpha value is -3.42. The Morgan fingerprint density at radius 2 is 1.06 bits per heavy atom. The van der Waals surface area contributed by atoms with E-state index in [1.807, 2.05) is 50.2 Å². The fourth-order valence-electron chi connectivity index (χ4n) is 3.98. The van der Waals surface area contributed by atoms with Crippen molar-refractivity contribution in [2.75, 3.05) is 41.7 Å². The smallest absolute Gasteiger partial charge is 0.199 e. The lowest BCUT2D eigenvalue weighted by Crippen LogP contribution is -2.34. The lowest BCUT2D eigenvalue weighted by atomic mass is 9.93. The Morgan fingerprint density at radius 3 is 1.42 bits per heavy atom. The first kappa shape index (κ1) is 22.8. The molecular weight excluding hydrogens is 424 g/mol. The predicted octanol–water partition coefficient (Wildman–Crippen LogP) is 4.39. The van der Waals surface area contributed by atoms with Crippen molar-refractivity contribution in [2.24, 2.45) is 15.4 Å². The molecule has 0 fully saturated rings. The molecule has 0 radical (unpaired) electrons. The molecule has 0 unspecified atom stereocenters. The average Bonchev–Trinajstić information content (AvgIpc) is 3.54. The zero-order valence-corrected chi connectivity index (χ0v) is 19.9. The van der Waals surface area contributed by atoms with Gasteiger partial charge in [-0.3, -0.25) is 0 Å². The molecule has 2 heterocycles. The van der Waals surface area contributed by atoms with Crippen molar-refractivity contribution < 1.29 is 28.4 Å². The normalized spacial score (nSPS) is 19.8. The Kier molecular flexibility index (Phi) is 6.35. The van der Waals surface area contributed by atoms with Crippen molar-refractivity contribution in [3.63, 3.8) is 0 Å². The van der Waals surface area contributed by atoms with E-state index in [9.17, 15) is 0 Å². The van der Waals surface area contributed by atoms with Crippen LogP contribution >= 0.6 is 0 Å². The van der Waals surface area contributed by atoms with Crippen molar-refractivity contribution in [1.82, 2.24) is 0 Å². The molecule has 0 aromatic heterocycles. The van der Waals surface area contributed by atoms with Gasteiger partial charge in [-0.05, 0) is 49.2 Å². The van der Waals surface area contributed by atoms with Gasteiger partial charge in [-0.2, -0.15) is 0 Å². The summed E-state index contributed by atoms with van der Waals surface area (Å²) >= 11 is 0.